The third-order valence-electron chi connectivity index (χ3n) is 4.60. The number of ether oxygens (including phenoxy) is 1. The van der Waals surface area contributed by atoms with E-state index < -0.39 is 23.6 Å². The molecule has 0 aromatic carbocycles. The highest BCUT2D eigenvalue weighted by Crippen LogP contribution is 2.40. The fraction of sp³-hybridized carbons (Fsp3) is 0.929. The smallest absolute Gasteiger partial charge is 0.381 e. The minimum Gasteiger partial charge on any atom is -0.381 e. The zero-order valence-electron chi connectivity index (χ0n) is 11.8. The van der Waals surface area contributed by atoms with Gasteiger partial charge in [0.15, 0.2) is 0 Å². The van der Waals surface area contributed by atoms with Gasteiger partial charge in [-0.2, -0.15) is 13.2 Å². The van der Waals surface area contributed by atoms with Crippen LogP contribution >= 0.6 is 11.6 Å². The van der Waals surface area contributed by atoms with Crippen LogP contribution in [-0.4, -0.2) is 36.7 Å². The summed E-state index contributed by atoms with van der Waals surface area (Å²) in [7, 11) is 0. The highest BCUT2D eigenvalue weighted by atomic mass is 35.5. The van der Waals surface area contributed by atoms with E-state index in [0.717, 1.165) is 0 Å². The van der Waals surface area contributed by atoms with Crippen molar-refractivity contribution in [3.05, 3.63) is 0 Å². The Morgan fingerprint density at radius 1 is 1.29 bits per heavy atom. The van der Waals surface area contributed by atoms with E-state index in [1.54, 1.807) is 0 Å². The van der Waals surface area contributed by atoms with E-state index in [9.17, 15) is 18.0 Å². The van der Waals surface area contributed by atoms with Crippen LogP contribution in [0.5, 0.6) is 0 Å². The highest BCUT2D eigenvalue weighted by Gasteiger charge is 2.44. The van der Waals surface area contributed by atoms with Crippen LogP contribution in [0, 0.1) is 11.8 Å². The van der Waals surface area contributed by atoms with E-state index in [0.29, 0.717) is 38.9 Å². The van der Waals surface area contributed by atoms with E-state index in [-0.39, 0.29) is 24.6 Å². The van der Waals surface area contributed by atoms with Gasteiger partial charge in [-0.05, 0) is 32.1 Å². The first-order valence-corrected chi connectivity index (χ1v) is 7.92. The molecule has 2 atom stereocenters. The van der Waals surface area contributed by atoms with Gasteiger partial charge in [-0.25, -0.2) is 0 Å². The topological polar surface area (TPSA) is 38.3 Å². The Morgan fingerprint density at radius 3 is 2.52 bits per heavy atom. The number of nitrogens with one attached hydrogen (secondary N) is 1. The molecule has 2 rings (SSSR count). The zero-order chi connectivity index (χ0) is 15.5. The number of alkyl halides is 4. The molecule has 0 aromatic rings. The van der Waals surface area contributed by atoms with Crippen molar-refractivity contribution in [1.82, 2.24) is 5.32 Å². The summed E-state index contributed by atoms with van der Waals surface area (Å²) in [6.07, 6.45) is -2.00. The summed E-state index contributed by atoms with van der Waals surface area (Å²) in [5.41, 5.74) is -0.526. The van der Waals surface area contributed by atoms with Gasteiger partial charge in [0.05, 0.1) is 11.5 Å². The lowest BCUT2D eigenvalue weighted by Gasteiger charge is -2.38. The number of hydrogen-bond acceptors (Lipinski definition) is 2. The molecule has 0 bridgehead atoms. The molecule has 0 spiro atoms. The number of rotatable bonds is 3. The summed E-state index contributed by atoms with van der Waals surface area (Å²) < 4.78 is 43.7. The van der Waals surface area contributed by atoms with E-state index in [2.05, 4.69) is 5.32 Å². The van der Waals surface area contributed by atoms with E-state index in [1.807, 2.05) is 0 Å². The second-order valence-corrected chi connectivity index (χ2v) is 6.38. The second-order valence-electron chi connectivity index (χ2n) is 6.12. The molecule has 2 unspecified atom stereocenters. The minimum atomic E-state index is -4.21. The third kappa shape index (κ3) is 4.25. The summed E-state index contributed by atoms with van der Waals surface area (Å²) in [5.74, 6) is -1.94. The molecule has 0 radical (unpaired) electrons. The number of carbonyl (C=O) groups excluding carboxylic acids is 1. The van der Waals surface area contributed by atoms with Crippen molar-refractivity contribution in [2.75, 3.05) is 19.1 Å². The van der Waals surface area contributed by atoms with Gasteiger partial charge < -0.3 is 10.1 Å². The van der Waals surface area contributed by atoms with Crippen molar-refractivity contribution >= 4 is 17.5 Å². The van der Waals surface area contributed by atoms with E-state index in [1.165, 1.54) is 0 Å². The highest BCUT2D eigenvalue weighted by molar-refractivity contribution is 6.18. The van der Waals surface area contributed by atoms with Crippen LogP contribution in [0.3, 0.4) is 0 Å². The fourth-order valence-corrected chi connectivity index (χ4v) is 3.48. The summed E-state index contributed by atoms with van der Waals surface area (Å²) in [4.78, 5) is 12.3. The number of halogens is 4. The van der Waals surface area contributed by atoms with Crippen LogP contribution in [0.25, 0.3) is 0 Å². The second kappa shape index (κ2) is 6.73. The van der Waals surface area contributed by atoms with E-state index in [4.69, 9.17) is 16.3 Å². The lowest BCUT2D eigenvalue weighted by Crippen LogP contribution is -2.55. The molecule has 2 aliphatic rings. The maximum absolute atomic E-state index is 12.8. The molecule has 21 heavy (non-hydrogen) atoms. The van der Waals surface area contributed by atoms with Crippen molar-refractivity contribution in [2.24, 2.45) is 11.8 Å². The molecule has 1 saturated heterocycles. The Kier molecular flexibility index (Phi) is 5.41. The Hall–Kier alpha value is -0.490. The lowest BCUT2D eigenvalue weighted by molar-refractivity contribution is -0.186. The van der Waals surface area contributed by atoms with Gasteiger partial charge in [-0.15, -0.1) is 11.6 Å². The molecule has 7 heteroatoms. The molecule has 0 aromatic heterocycles. The van der Waals surface area contributed by atoms with Crippen molar-refractivity contribution in [2.45, 2.75) is 50.2 Å². The molecule has 122 valence electrons. The number of carbonyl (C=O) groups is 1. The quantitative estimate of drug-likeness (QED) is 0.808. The zero-order valence-corrected chi connectivity index (χ0v) is 12.6. The summed E-state index contributed by atoms with van der Waals surface area (Å²) >= 11 is 5.97. The molecule has 2 fully saturated rings. The largest absolute Gasteiger partial charge is 0.391 e. The molecule has 1 heterocycles. The van der Waals surface area contributed by atoms with Crippen molar-refractivity contribution in [3.63, 3.8) is 0 Å². The van der Waals surface area contributed by atoms with Gasteiger partial charge in [0.2, 0.25) is 5.91 Å². The lowest BCUT2D eigenvalue weighted by atomic mass is 9.80. The Morgan fingerprint density at radius 2 is 1.95 bits per heavy atom. The number of amides is 1. The Labute approximate surface area is 127 Å². The van der Waals surface area contributed by atoms with Crippen LogP contribution in [0.1, 0.15) is 38.5 Å². The minimum absolute atomic E-state index is 0.107. The Balaban J connectivity index is 1.96. The molecule has 1 aliphatic carbocycles. The first-order valence-electron chi connectivity index (χ1n) is 7.39. The summed E-state index contributed by atoms with van der Waals surface area (Å²) in [6, 6.07) is 0. The average molecular weight is 328 g/mol. The van der Waals surface area contributed by atoms with Crippen LogP contribution in [-0.2, 0) is 9.53 Å². The van der Waals surface area contributed by atoms with Gasteiger partial charge in [-0.3, -0.25) is 4.79 Å². The maximum Gasteiger partial charge on any atom is 0.391 e. The van der Waals surface area contributed by atoms with Crippen LogP contribution in [0.4, 0.5) is 13.2 Å². The molecular formula is C14H21ClF3NO2. The first kappa shape index (κ1) is 16.9. The van der Waals surface area contributed by atoms with E-state index >= 15 is 0 Å². The van der Waals surface area contributed by atoms with Crippen molar-refractivity contribution in [1.29, 1.82) is 0 Å². The van der Waals surface area contributed by atoms with Gasteiger partial charge in [-0.1, -0.05) is 6.42 Å². The van der Waals surface area contributed by atoms with Crippen LogP contribution in [0.2, 0.25) is 0 Å². The first-order chi connectivity index (χ1) is 9.86. The molecular weight excluding hydrogens is 307 g/mol. The van der Waals surface area contributed by atoms with Crippen LogP contribution in [0.15, 0.2) is 0 Å². The SMILES string of the molecule is O=C(NC1(CCl)CCOCC1)C1CCCC(C(F)(F)F)C1. The third-order valence-corrected chi connectivity index (χ3v) is 5.11. The monoisotopic (exact) mass is 327 g/mol. The Bertz CT molecular complexity index is 370. The molecule has 1 N–H and O–H groups in total. The summed E-state index contributed by atoms with van der Waals surface area (Å²) in [5, 5.41) is 2.91. The van der Waals surface area contributed by atoms with Gasteiger partial charge in [0.25, 0.3) is 0 Å². The molecule has 3 nitrogen and oxygen atoms in total. The normalized spacial score (nSPS) is 29.9. The van der Waals surface area contributed by atoms with Crippen molar-refractivity contribution < 1.29 is 22.7 Å². The van der Waals surface area contributed by atoms with Gasteiger partial charge >= 0.3 is 6.18 Å². The van der Waals surface area contributed by atoms with Gasteiger partial charge in [0.1, 0.15) is 0 Å². The fourth-order valence-electron chi connectivity index (χ4n) is 3.14. The molecule has 1 aliphatic heterocycles. The molecule has 1 saturated carbocycles. The predicted octanol–water partition coefficient (Wildman–Crippen LogP) is 3.26. The van der Waals surface area contributed by atoms with Gasteiger partial charge in [0, 0.05) is 25.0 Å². The standard InChI is InChI=1S/C14H21ClF3NO2/c15-9-13(4-6-21-7-5-13)19-12(20)10-2-1-3-11(8-10)14(16,17)18/h10-11H,1-9H2,(H,19,20). The average Bonchev–Trinajstić information content (AvgIpc) is 2.47. The molecule has 1 amide bonds. The predicted molar refractivity (Wildman–Crippen MR) is 73.1 cm³/mol. The maximum atomic E-state index is 12.8. The number of hydrogen-bond donors (Lipinski definition) is 1. The van der Waals surface area contributed by atoms with Crippen LogP contribution < -0.4 is 5.32 Å². The van der Waals surface area contributed by atoms with Crippen molar-refractivity contribution in [3.8, 4) is 0 Å². The summed E-state index contributed by atoms with van der Waals surface area (Å²) in [6.45, 7) is 1.03.